The van der Waals surface area contributed by atoms with E-state index < -0.39 is 31.2 Å². The van der Waals surface area contributed by atoms with Crippen LogP contribution in [0.15, 0.2) is 0 Å². The van der Waals surface area contributed by atoms with Gasteiger partial charge in [-0.15, -0.1) is 0 Å². The van der Waals surface area contributed by atoms with Crippen molar-refractivity contribution in [2.45, 2.75) is 19.1 Å². The monoisotopic (exact) mass is 214 g/mol. The van der Waals surface area contributed by atoms with Gasteiger partial charge in [-0.1, -0.05) is 0 Å². The molecule has 14 heavy (non-hydrogen) atoms. The van der Waals surface area contributed by atoms with Crippen molar-refractivity contribution in [2.24, 2.45) is 0 Å². The predicted molar refractivity (Wildman–Crippen MR) is 43.6 cm³/mol. The number of amides is 1. The van der Waals surface area contributed by atoms with Gasteiger partial charge in [0.1, 0.15) is 0 Å². The quantitative estimate of drug-likeness (QED) is 0.585. The molecule has 0 spiro atoms. The number of aliphatic hydroxyl groups is 1. The minimum absolute atomic E-state index is 0.245. The Morgan fingerprint density at radius 1 is 1.50 bits per heavy atom. The Kier molecular flexibility index (Phi) is 5.47. The average molecular weight is 214 g/mol. The third kappa shape index (κ3) is 7.81. The maximum absolute atomic E-state index is 11.6. The number of hydrogen-bond donors (Lipinski definition) is 3. The van der Waals surface area contributed by atoms with Crippen LogP contribution in [0.4, 0.5) is 13.2 Å². The highest BCUT2D eigenvalue weighted by atomic mass is 19.4. The van der Waals surface area contributed by atoms with Gasteiger partial charge in [0, 0.05) is 6.04 Å². The normalized spacial score (nSPS) is 13.8. The van der Waals surface area contributed by atoms with Gasteiger partial charge in [0.05, 0.1) is 19.7 Å². The summed E-state index contributed by atoms with van der Waals surface area (Å²) >= 11 is 0. The maximum Gasteiger partial charge on any atom is 0.401 e. The Hall–Kier alpha value is -0.820. The van der Waals surface area contributed by atoms with Crippen LogP contribution in [-0.4, -0.2) is 42.9 Å². The Bertz CT molecular complexity index is 184. The van der Waals surface area contributed by atoms with Crippen LogP contribution in [0, 0.1) is 0 Å². The minimum Gasteiger partial charge on any atom is -0.394 e. The molecule has 7 heteroatoms. The summed E-state index contributed by atoms with van der Waals surface area (Å²) in [5, 5.41) is 12.8. The summed E-state index contributed by atoms with van der Waals surface area (Å²) in [7, 11) is 0. The lowest BCUT2D eigenvalue weighted by atomic mass is 10.3. The van der Waals surface area contributed by atoms with Gasteiger partial charge < -0.3 is 15.7 Å². The molecule has 1 amide bonds. The molecule has 0 saturated heterocycles. The zero-order valence-electron chi connectivity index (χ0n) is 7.69. The third-order valence-electron chi connectivity index (χ3n) is 1.29. The van der Waals surface area contributed by atoms with Crippen molar-refractivity contribution >= 4 is 5.91 Å². The number of hydrogen-bond acceptors (Lipinski definition) is 3. The molecule has 0 aromatic heterocycles. The van der Waals surface area contributed by atoms with Crippen molar-refractivity contribution in [2.75, 3.05) is 19.7 Å². The SMILES string of the molecule is C[C@H](CO)NC(=O)CNCC(F)(F)F. The second kappa shape index (κ2) is 5.82. The lowest BCUT2D eigenvalue weighted by Crippen LogP contribution is -2.42. The largest absolute Gasteiger partial charge is 0.401 e. The molecule has 0 aliphatic carbocycles. The molecule has 84 valence electrons. The van der Waals surface area contributed by atoms with Crippen molar-refractivity contribution in [1.29, 1.82) is 0 Å². The standard InChI is InChI=1S/C7H13F3N2O2/c1-5(3-13)12-6(14)2-11-4-7(8,9)10/h5,11,13H,2-4H2,1H3,(H,12,14)/t5-/m1/s1. The highest BCUT2D eigenvalue weighted by Gasteiger charge is 2.26. The lowest BCUT2D eigenvalue weighted by Gasteiger charge is -2.11. The van der Waals surface area contributed by atoms with Crippen LogP contribution in [0.3, 0.4) is 0 Å². The van der Waals surface area contributed by atoms with Crippen LogP contribution in [0.2, 0.25) is 0 Å². The molecule has 3 N–H and O–H groups in total. The van der Waals surface area contributed by atoms with E-state index in [9.17, 15) is 18.0 Å². The van der Waals surface area contributed by atoms with E-state index >= 15 is 0 Å². The fraction of sp³-hybridized carbons (Fsp3) is 0.857. The Balaban J connectivity index is 3.55. The van der Waals surface area contributed by atoms with E-state index in [1.54, 1.807) is 6.92 Å². The van der Waals surface area contributed by atoms with E-state index in [0.717, 1.165) is 0 Å². The minimum atomic E-state index is -4.32. The summed E-state index contributed by atoms with van der Waals surface area (Å²) in [6, 6.07) is -0.449. The topological polar surface area (TPSA) is 61.4 Å². The number of aliphatic hydroxyl groups excluding tert-OH is 1. The third-order valence-corrected chi connectivity index (χ3v) is 1.29. The summed E-state index contributed by atoms with van der Waals surface area (Å²) < 4.78 is 34.8. The number of carbonyl (C=O) groups excluding carboxylic acids is 1. The molecule has 0 saturated carbocycles. The molecule has 0 unspecified atom stereocenters. The molecule has 0 rings (SSSR count). The van der Waals surface area contributed by atoms with Crippen LogP contribution >= 0.6 is 0 Å². The predicted octanol–water partition coefficient (Wildman–Crippen LogP) is -0.365. The van der Waals surface area contributed by atoms with Crippen molar-refractivity contribution < 1.29 is 23.1 Å². The van der Waals surface area contributed by atoms with Gasteiger partial charge in [0.25, 0.3) is 0 Å². The van der Waals surface area contributed by atoms with E-state index in [-0.39, 0.29) is 6.61 Å². The van der Waals surface area contributed by atoms with Gasteiger partial charge in [0.15, 0.2) is 0 Å². The number of alkyl halides is 3. The first kappa shape index (κ1) is 13.2. The molecule has 0 radical (unpaired) electrons. The Morgan fingerprint density at radius 3 is 2.50 bits per heavy atom. The first-order valence-corrected chi connectivity index (χ1v) is 4.03. The molecule has 1 atom stereocenters. The van der Waals surface area contributed by atoms with Gasteiger partial charge in [0.2, 0.25) is 5.91 Å². The molecular formula is C7H13F3N2O2. The fourth-order valence-electron chi connectivity index (χ4n) is 0.689. The maximum atomic E-state index is 11.6. The smallest absolute Gasteiger partial charge is 0.394 e. The fourth-order valence-corrected chi connectivity index (χ4v) is 0.689. The molecule has 0 fully saturated rings. The molecule has 0 aromatic rings. The van der Waals surface area contributed by atoms with Crippen molar-refractivity contribution in [3.05, 3.63) is 0 Å². The Labute approximate surface area is 79.5 Å². The summed E-state index contributed by atoms with van der Waals surface area (Å²) in [6.45, 7) is -0.315. The van der Waals surface area contributed by atoms with E-state index in [4.69, 9.17) is 5.11 Å². The number of halogens is 3. The van der Waals surface area contributed by atoms with E-state index in [2.05, 4.69) is 5.32 Å². The van der Waals surface area contributed by atoms with Crippen LogP contribution in [0.5, 0.6) is 0 Å². The molecule has 0 aliphatic rings. The van der Waals surface area contributed by atoms with Gasteiger partial charge >= 0.3 is 6.18 Å². The lowest BCUT2D eigenvalue weighted by molar-refractivity contribution is -0.128. The number of nitrogens with one attached hydrogen (secondary N) is 2. The van der Waals surface area contributed by atoms with E-state index in [1.807, 2.05) is 5.32 Å². The van der Waals surface area contributed by atoms with Crippen molar-refractivity contribution in [3.8, 4) is 0 Å². The molecule has 0 aromatic carbocycles. The molecule has 4 nitrogen and oxygen atoms in total. The van der Waals surface area contributed by atoms with Gasteiger partial charge in [-0.3, -0.25) is 4.79 Å². The van der Waals surface area contributed by atoms with Crippen LogP contribution in [0.1, 0.15) is 6.92 Å². The van der Waals surface area contributed by atoms with Gasteiger partial charge in [-0.05, 0) is 6.92 Å². The van der Waals surface area contributed by atoms with Crippen molar-refractivity contribution in [1.82, 2.24) is 10.6 Å². The van der Waals surface area contributed by atoms with E-state index in [1.165, 1.54) is 0 Å². The number of carbonyl (C=O) groups is 1. The summed E-state index contributed by atoms with van der Waals surface area (Å²) in [6.07, 6.45) is -4.32. The Morgan fingerprint density at radius 2 is 2.07 bits per heavy atom. The van der Waals surface area contributed by atoms with Crippen molar-refractivity contribution in [3.63, 3.8) is 0 Å². The van der Waals surface area contributed by atoms with E-state index in [0.29, 0.717) is 0 Å². The summed E-state index contributed by atoms with van der Waals surface area (Å²) in [4.78, 5) is 10.8. The zero-order chi connectivity index (χ0) is 11.2. The second-order valence-corrected chi connectivity index (χ2v) is 2.87. The second-order valence-electron chi connectivity index (χ2n) is 2.87. The van der Waals surface area contributed by atoms with Crippen LogP contribution in [-0.2, 0) is 4.79 Å². The van der Waals surface area contributed by atoms with Crippen LogP contribution in [0.25, 0.3) is 0 Å². The highest BCUT2D eigenvalue weighted by Crippen LogP contribution is 2.11. The average Bonchev–Trinajstić information content (AvgIpc) is 2.01. The molecular weight excluding hydrogens is 201 g/mol. The van der Waals surface area contributed by atoms with Crippen LogP contribution < -0.4 is 10.6 Å². The number of rotatable bonds is 5. The molecule has 0 bridgehead atoms. The molecule has 0 heterocycles. The first-order valence-electron chi connectivity index (χ1n) is 4.03. The summed E-state index contributed by atoms with van der Waals surface area (Å²) in [5.41, 5.74) is 0. The van der Waals surface area contributed by atoms with Gasteiger partial charge in [-0.2, -0.15) is 13.2 Å². The molecule has 0 aliphatic heterocycles. The first-order chi connectivity index (χ1) is 6.35. The summed E-state index contributed by atoms with van der Waals surface area (Å²) in [5.74, 6) is -0.573. The zero-order valence-corrected chi connectivity index (χ0v) is 7.69. The van der Waals surface area contributed by atoms with Gasteiger partial charge in [-0.25, -0.2) is 0 Å². The highest BCUT2D eigenvalue weighted by molar-refractivity contribution is 5.78.